The molecule has 0 aliphatic heterocycles. The largest absolute Gasteiger partial charge is 0.341 e. The SMILES string of the molecule is Cc1nc(NC(=O)c2ccn(CCCC(=O)N(C)Cc3ccc(C#N)cc3)n2)ccc1Cl. The van der Waals surface area contributed by atoms with Gasteiger partial charge in [-0.3, -0.25) is 14.3 Å². The number of anilines is 1. The molecule has 1 N–H and O–H groups in total. The van der Waals surface area contributed by atoms with Crippen molar-refractivity contribution < 1.29 is 9.59 Å². The van der Waals surface area contributed by atoms with Crippen molar-refractivity contribution in [2.24, 2.45) is 0 Å². The van der Waals surface area contributed by atoms with Crippen LogP contribution in [0.3, 0.4) is 0 Å². The molecule has 8 nitrogen and oxygen atoms in total. The van der Waals surface area contributed by atoms with Crippen LogP contribution in [0.5, 0.6) is 0 Å². The summed E-state index contributed by atoms with van der Waals surface area (Å²) in [7, 11) is 1.75. The van der Waals surface area contributed by atoms with Gasteiger partial charge in [0.1, 0.15) is 5.82 Å². The number of nitrogens with one attached hydrogen (secondary N) is 1. The molecule has 3 rings (SSSR count). The summed E-state index contributed by atoms with van der Waals surface area (Å²) in [6.07, 6.45) is 2.67. The highest BCUT2D eigenvalue weighted by Crippen LogP contribution is 2.16. The first-order valence-corrected chi connectivity index (χ1v) is 10.4. The van der Waals surface area contributed by atoms with E-state index in [1.54, 1.807) is 60.1 Å². The number of aromatic nitrogens is 3. The van der Waals surface area contributed by atoms with Crippen LogP contribution >= 0.6 is 11.6 Å². The number of benzene rings is 1. The predicted molar refractivity (Wildman–Crippen MR) is 121 cm³/mol. The van der Waals surface area contributed by atoms with E-state index in [4.69, 9.17) is 16.9 Å². The van der Waals surface area contributed by atoms with Crippen LogP contribution in [0.1, 0.15) is 40.2 Å². The summed E-state index contributed by atoms with van der Waals surface area (Å²) in [6.45, 7) is 2.76. The zero-order valence-corrected chi connectivity index (χ0v) is 18.6. The van der Waals surface area contributed by atoms with Gasteiger partial charge in [0.2, 0.25) is 5.91 Å². The minimum atomic E-state index is -0.365. The summed E-state index contributed by atoms with van der Waals surface area (Å²) >= 11 is 5.95. The molecule has 2 aromatic heterocycles. The molecule has 0 unspecified atom stereocenters. The third kappa shape index (κ3) is 6.15. The van der Waals surface area contributed by atoms with Crippen molar-refractivity contribution in [2.75, 3.05) is 12.4 Å². The van der Waals surface area contributed by atoms with Gasteiger partial charge in [0, 0.05) is 32.8 Å². The Hall–Kier alpha value is -3.70. The van der Waals surface area contributed by atoms with Gasteiger partial charge in [-0.05, 0) is 49.2 Å². The molecule has 32 heavy (non-hydrogen) atoms. The van der Waals surface area contributed by atoms with E-state index in [9.17, 15) is 9.59 Å². The van der Waals surface area contributed by atoms with E-state index in [0.717, 1.165) is 5.56 Å². The fraction of sp³-hybridized carbons (Fsp3) is 0.261. The van der Waals surface area contributed by atoms with E-state index in [1.807, 2.05) is 12.1 Å². The van der Waals surface area contributed by atoms with Gasteiger partial charge in [-0.2, -0.15) is 10.4 Å². The number of carbonyl (C=O) groups excluding carboxylic acids is 2. The van der Waals surface area contributed by atoms with Crippen molar-refractivity contribution in [1.82, 2.24) is 19.7 Å². The fourth-order valence-electron chi connectivity index (χ4n) is 3.03. The molecule has 1 aromatic carbocycles. The Bertz CT molecular complexity index is 1150. The number of hydrogen-bond donors (Lipinski definition) is 1. The molecular formula is C23H23ClN6O2. The van der Waals surface area contributed by atoms with E-state index in [1.165, 1.54) is 0 Å². The number of nitrogens with zero attached hydrogens (tertiary/aromatic N) is 5. The van der Waals surface area contributed by atoms with Gasteiger partial charge >= 0.3 is 0 Å². The minimum absolute atomic E-state index is 0.0173. The zero-order valence-electron chi connectivity index (χ0n) is 17.9. The molecule has 0 saturated heterocycles. The van der Waals surface area contributed by atoms with Crippen molar-refractivity contribution in [3.05, 3.63) is 76.2 Å². The van der Waals surface area contributed by atoms with Crippen LogP contribution in [0.4, 0.5) is 5.82 Å². The monoisotopic (exact) mass is 450 g/mol. The molecule has 0 fully saturated rings. The van der Waals surface area contributed by atoms with Gasteiger partial charge in [-0.15, -0.1) is 0 Å². The number of halogens is 1. The van der Waals surface area contributed by atoms with E-state index in [2.05, 4.69) is 21.5 Å². The van der Waals surface area contributed by atoms with Crippen LogP contribution in [0, 0.1) is 18.3 Å². The molecule has 0 spiro atoms. The van der Waals surface area contributed by atoms with Crippen LogP contribution in [0.25, 0.3) is 0 Å². The van der Waals surface area contributed by atoms with Crippen LogP contribution in [0.15, 0.2) is 48.7 Å². The lowest BCUT2D eigenvalue weighted by atomic mass is 10.1. The van der Waals surface area contributed by atoms with Crippen molar-refractivity contribution in [3.8, 4) is 6.07 Å². The molecule has 2 amide bonds. The highest BCUT2D eigenvalue weighted by atomic mass is 35.5. The summed E-state index contributed by atoms with van der Waals surface area (Å²) in [5, 5.41) is 16.4. The van der Waals surface area contributed by atoms with Gasteiger partial charge in [-0.25, -0.2) is 4.98 Å². The number of rotatable bonds is 8. The molecule has 164 valence electrons. The van der Waals surface area contributed by atoms with Gasteiger partial charge in [-0.1, -0.05) is 23.7 Å². The van der Waals surface area contributed by atoms with E-state index in [-0.39, 0.29) is 17.5 Å². The van der Waals surface area contributed by atoms with Crippen molar-refractivity contribution in [1.29, 1.82) is 5.26 Å². The standard InChI is InChI=1S/C23H23ClN6O2/c1-16-19(24)9-10-21(26-16)27-23(32)20-11-13-30(28-20)12-3-4-22(31)29(2)15-18-7-5-17(14-25)6-8-18/h5-11,13H,3-4,12,15H2,1-2H3,(H,26,27,32). The summed E-state index contributed by atoms with van der Waals surface area (Å²) in [4.78, 5) is 30.6. The van der Waals surface area contributed by atoms with Gasteiger partial charge < -0.3 is 10.2 Å². The second kappa shape index (κ2) is 10.6. The third-order valence-corrected chi connectivity index (χ3v) is 5.24. The van der Waals surface area contributed by atoms with Crippen molar-refractivity contribution in [3.63, 3.8) is 0 Å². The summed E-state index contributed by atoms with van der Waals surface area (Å²) in [6, 6.07) is 14.2. The topological polar surface area (TPSA) is 104 Å². The summed E-state index contributed by atoms with van der Waals surface area (Å²) in [5.74, 6) is 0.0576. The Balaban J connectivity index is 1.45. The second-order valence-corrected chi connectivity index (χ2v) is 7.75. The fourth-order valence-corrected chi connectivity index (χ4v) is 3.14. The number of amides is 2. The third-order valence-electron chi connectivity index (χ3n) is 4.84. The Kier molecular flexibility index (Phi) is 7.58. The first kappa shape index (κ1) is 23.0. The van der Waals surface area contributed by atoms with E-state index in [0.29, 0.717) is 48.0 Å². The van der Waals surface area contributed by atoms with Gasteiger partial charge in [0.15, 0.2) is 5.69 Å². The maximum absolute atomic E-state index is 12.4. The van der Waals surface area contributed by atoms with Gasteiger partial charge in [0.05, 0.1) is 22.3 Å². The molecule has 0 bridgehead atoms. The first-order chi connectivity index (χ1) is 15.4. The highest BCUT2D eigenvalue weighted by molar-refractivity contribution is 6.31. The quantitative estimate of drug-likeness (QED) is 0.562. The predicted octanol–water partition coefficient (Wildman–Crippen LogP) is 3.80. The molecular weight excluding hydrogens is 428 g/mol. The van der Waals surface area contributed by atoms with Crippen LogP contribution < -0.4 is 5.32 Å². The lowest BCUT2D eigenvalue weighted by Gasteiger charge is -2.17. The Morgan fingerprint density at radius 2 is 1.94 bits per heavy atom. The zero-order chi connectivity index (χ0) is 23.1. The number of pyridine rings is 1. The smallest absolute Gasteiger partial charge is 0.277 e. The maximum atomic E-state index is 12.4. The van der Waals surface area contributed by atoms with Crippen molar-refractivity contribution in [2.45, 2.75) is 32.9 Å². The molecule has 0 aliphatic rings. The first-order valence-electron chi connectivity index (χ1n) is 10.1. The number of aryl methyl sites for hydroxylation is 2. The Labute approximate surface area is 191 Å². The molecule has 3 aromatic rings. The molecule has 9 heteroatoms. The van der Waals surface area contributed by atoms with Crippen LogP contribution in [-0.2, 0) is 17.9 Å². The average Bonchev–Trinajstić information content (AvgIpc) is 3.26. The van der Waals surface area contributed by atoms with Crippen molar-refractivity contribution >= 4 is 29.2 Å². The van der Waals surface area contributed by atoms with Gasteiger partial charge in [0.25, 0.3) is 5.91 Å². The van der Waals surface area contributed by atoms with E-state index >= 15 is 0 Å². The summed E-state index contributed by atoms with van der Waals surface area (Å²) in [5.41, 5.74) is 2.45. The Morgan fingerprint density at radius 1 is 1.19 bits per heavy atom. The lowest BCUT2D eigenvalue weighted by molar-refractivity contribution is -0.130. The number of hydrogen-bond acceptors (Lipinski definition) is 5. The second-order valence-electron chi connectivity index (χ2n) is 7.34. The molecule has 0 aliphatic carbocycles. The number of carbonyl (C=O) groups is 2. The average molecular weight is 451 g/mol. The van der Waals surface area contributed by atoms with Crippen LogP contribution in [-0.4, -0.2) is 38.5 Å². The van der Waals surface area contributed by atoms with Crippen LogP contribution in [0.2, 0.25) is 5.02 Å². The molecule has 0 atom stereocenters. The number of nitriles is 1. The van der Waals surface area contributed by atoms with E-state index < -0.39 is 0 Å². The Morgan fingerprint density at radius 3 is 2.62 bits per heavy atom. The highest BCUT2D eigenvalue weighted by Gasteiger charge is 2.13. The lowest BCUT2D eigenvalue weighted by Crippen LogP contribution is -2.26. The minimum Gasteiger partial charge on any atom is -0.341 e. The molecule has 0 saturated carbocycles. The molecule has 0 radical (unpaired) electrons. The normalized spacial score (nSPS) is 10.4. The molecule has 2 heterocycles. The maximum Gasteiger partial charge on any atom is 0.277 e. The summed E-state index contributed by atoms with van der Waals surface area (Å²) < 4.78 is 1.64.